The Morgan fingerprint density at radius 2 is 2.04 bits per heavy atom. The van der Waals surface area contributed by atoms with Crippen LogP contribution in [0.25, 0.3) is 0 Å². The summed E-state index contributed by atoms with van der Waals surface area (Å²) in [6.45, 7) is 15.0. The van der Waals surface area contributed by atoms with Gasteiger partial charge in [0.25, 0.3) is 0 Å². The van der Waals surface area contributed by atoms with Crippen molar-refractivity contribution in [3.8, 4) is 0 Å². The summed E-state index contributed by atoms with van der Waals surface area (Å²) in [6.07, 6.45) is 1.96. The van der Waals surface area contributed by atoms with Crippen LogP contribution < -0.4 is 5.32 Å². The number of aromatic nitrogens is 2. The summed E-state index contributed by atoms with van der Waals surface area (Å²) in [4.78, 5) is 7.44. The largest absolute Gasteiger partial charge is 0.357 e. The quantitative estimate of drug-likeness (QED) is 0.373. The number of nitrogens with one attached hydrogen (secondary N) is 1. The number of aryl methyl sites for hydroxylation is 2. The molecular weight excluding hydrogens is 457 g/mol. The molecule has 0 saturated carbocycles. The lowest BCUT2D eigenvalue weighted by Gasteiger charge is -2.36. The van der Waals surface area contributed by atoms with E-state index in [1.165, 1.54) is 22.7 Å². The van der Waals surface area contributed by atoms with E-state index >= 15 is 0 Å². The molecule has 7 heteroatoms. The van der Waals surface area contributed by atoms with Gasteiger partial charge in [-0.25, -0.2) is 4.99 Å². The number of thioether (sulfide) groups is 1. The second-order valence-corrected chi connectivity index (χ2v) is 8.32. The number of hydrogen-bond donors (Lipinski definition) is 1. The van der Waals surface area contributed by atoms with Crippen LogP contribution in [0.3, 0.4) is 0 Å². The van der Waals surface area contributed by atoms with E-state index in [9.17, 15) is 0 Å². The highest BCUT2D eigenvalue weighted by molar-refractivity contribution is 14.0. The Kier molecular flexibility index (Phi) is 10.4. The van der Waals surface area contributed by atoms with Crippen molar-refractivity contribution in [3.63, 3.8) is 0 Å². The van der Waals surface area contributed by atoms with Gasteiger partial charge in [0.15, 0.2) is 5.96 Å². The Labute approximate surface area is 180 Å². The molecule has 2 rings (SSSR count). The van der Waals surface area contributed by atoms with Crippen molar-refractivity contribution in [2.45, 2.75) is 59.3 Å². The zero-order valence-corrected chi connectivity index (χ0v) is 20.4. The van der Waals surface area contributed by atoms with Crippen molar-refractivity contribution < 1.29 is 0 Å². The van der Waals surface area contributed by atoms with Crippen LogP contribution in [-0.4, -0.2) is 51.3 Å². The fourth-order valence-corrected chi connectivity index (χ4v) is 4.72. The van der Waals surface area contributed by atoms with Gasteiger partial charge in [0.05, 0.1) is 12.2 Å². The normalized spacial score (nSPS) is 18.2. The van der Waals surface area contributed by atoms with Gasteiger partial charge in [-0.3, -0.25) is 4.68 Å². The smallest absolute Gasteiger partial charge is 0.194 e. The third-order valence-corrected chi connectivity index (χ3v) is 6.43. The zero-order chi connectivity index (χ0) is 18.4. The van der Waals surface area contributed by atoms with Crippen molar-refractivity contribution in [1.82, 2.24) is 20.0 Å². The Morgan fingerprint density at radius 1 is 1.31 bits per heavy atom. The molecule has 1 N–H and O–H groups in total. The first-order valence-electron chi connectivity index (χ1n) is 9.70. The molecular formula is C19H36IN5S. The lowest BCUT2D eigenvalue weighted by molar-refractivity contribution is 0.381. The van der Waals surface area contributed by atoms with Crippen molar-refractivity contribution in [2.75, 3.05) is 25.4 Å². The van der Waals surface area contributed by atoms with Gasteiger partial charge in [0, 0.05) is 48.9 Å². The second-order valence-electron chi connectivity index (χ2n) is 6.97. The highest BCUT2D eigenvalue weighted by Crippen LogP contribution is 2.25. The lowest BCUT2D eigenvalue weighted by atomic mass is 10.1. The summed E-state index contributed by atoms with van der Waals surface area (Å²) >= 11 is 2.10. The maximum Gasteiger partial charge on any atom is 0.194 e. The minimum atomic E-state index is 0. The first-order valence-corrected chi connectivity index (χ1v) is 10.7. The van der Waals surface area contributed by atoms with E-state index < -0.39 is 0 Å². The van der Waals surface area contributed by atoms with Crippen LogP contribution in [0.4, 0.5) is 0 Å². The number of hydrogen-bond acceptors (Lipinski definition) is 3. The third-order valence-electron chi connectivity index (χ3n) is 4.89. The predicted octanol–water partition coefficient (Wildman–Crippen LogP) is 3.70. The monoisotopic (exact) mass is 493 g/mol. The van der Waals surface area contributed by atoms with Crippen LogP contribution in [0.5, 0.6) is 0 Å². The molecule has 2 heterocycles. The zero-order valence-electron chi connectivity index (χ0n) is 17.2. The maximum atomic E-state index is 5.00. The molecule has 1 saturated heterocycles. The Morgan fingerprint density at radius 3 is 2.62 bits per heavy atom. The van der Waals surface area contributed by atoms with Crippen LogP contribution in [0, 0.1) is 5.92 Å². The first-order chi connectivity index (χ1) is 12.0. The predicted molar refractivity (Wildman–Crippen MR) is 125 cm³/mol. The Balaban J connectivity index is 0.00000338. The van der Waals surface area contributed by atoms with Gasteiger partial charge in [0.1, 0.15) is 0 Å². The van der Waals surface area contributed by atoms with Gasteiger partial charge in [-0.2, -0.15) is 16.9 Å². The molecule has 0 bridgehead atoms. The summed E-state index contributed by atoms with van der Waals surface area (Å²) in [7, 11) is 2.05. The minimum Gasteiger partial charge on any atom is -0.357 e. The molecule has 1 aromatic heterocycles. The molecule has 150 valence electrons. The van der Waals surface area contributed by atoms with Gasteiger partial charge in [-0.1, -0.05) is 27.7 Å². The Bertz CT molecular complexity index is 585. The fraction of sp³-hybridized carbons (Fsp3) is 0.789. The molecule has 0 spiro atoms. The minimum absolute atomic E-state index is 0. The van der Waals surface area contributed by atoms with Crippen LogP contribution in [0.1, 0.15) is 51.6 Å². The summed E-state index contributed by atoms with van der Waals surface area (Å²) in [5.41, 5.74) is 3.81. The molecule has 1 aromatic rings. The van der Waals surface area contributed by atoms with E-state index in [2.05, 4.69) is 61.7 Å². The molecule has 5 nitrogen and oxygen atoms in total. The standard InChI is InChI=1S/C19H35N5S.HI/c1-7-16-15(17(8-2)23(6)22-16)12-21-19(20-9-3)24-10-11-25-18(13-24)14(4)5;/h14,18H,7-13H2,1-6H3,(H,20,21);1H. The molecule has 26 heavy (non-hydrogen) atoms. The van der Waals surface area contributed by atoms with Gasteiger partial charge >= 0.3 is 0 Å². The molecule has 1 fully saturated rings. The van der Waals surface area contributed by atoms with Gasteiger partial charge in [0.2, 0.25) is 0 Å². The molecule has 1 atom stereocenters. The average molecular weight is 494 g/mol. The van der Waals surface area contributed by atoms with E-state index in [4.69, 9.17) is 4.99 Å². The molecule has 1 aliphatic heterocycles. The lowest BCUT2D eigenvalue weighted by Crippen LogP contribution is -2.49. The van der Waals surface area contributed by atoms with E-state index in [1.807, 2.05) is 11.7 Å². The van der Waals surface area contributed by atoms with Crippen molar-refractivity contribution >= 4 is 41.7 Å². The van der Waals surface area contributed by atoms with Crippen LogP contribution in [0.2, 0.25) is 0 Å². The molecule has 0 aromatic carbocycles. The SMILES string of the molecule is CCNC(=NCc1c(CC)nn(C)c1CC)N1CCSC(C(C)C)C1.I. The molecule has 0 amide bonds. The molecule has 0 radical (unpaired) electrons. The van der Waals surface area contributed by atoms with Gasteiger partial charge in [-0.05, 0) is 25.7 Å². The first kappa shape index (κ1) is 23.6. The van der Waals surface area contributed by atoms with Crippen LogP contribution >= 0.6 is 35.7 Å². The summed E-state index contributed by atoms with van der Waals surface area (Å²) in [5, 5.41) is 8.87. The molecule has 1 unspecified atom stereocenters. The van der Waals surface area contributed by atoms with Crippen LogP contribution in [-0.2, 0) is 26.4 Å². The van der Waals surface area contributed by atoms with Gasteiger partial charge in [-0.15, -0.1) is 24.0 Å². The van der Waals surface area contributed by atoms with Crippen molar-refractivity contribution in [3.05, 3.63) is 17.0 Å². The number of halogens is 1. The van der Waals surface area contributed by atoms with E-state index in [1.54, 1.807) is 0 Å². The highest BCUT2D eigenvalue weighted by atomic mass is 127. The number of rotatable bonds is 6. The topological polar surface area (TPSA) is 45.5 Å². The highest BCUT2D eigenvalue weighted by Gasteiger charge is 2.25. The summed E-state index contributed by atoms with van der Waals surface area (Å²) < 4.78 is 2.03. The average Bonchev–Trinajstić information content (AvgIpc) is 2.93. The van der Waals surface area contributed by atoms with E-state index in [0.29, 0.717) is 11.2 Å². The number of aliphatic imine (C=N–C) groups is 1. The van der Waals surface area contributed by atoms with Crippen molar-refractivity contribution in [2.24, 2.45) is 18.0 Å². The molecule has 1 aliphatic rings. The number of guanidine groups is 1. The van der Waals surface area contributed by atoms with E-state index in [-0.39, 0.29) is 24.0 Å². The van der Waals surface area contributed by atoms with Crippen molar-refractivity contribution in [1.29, 1.82) is 0 Å². The maximum absolute atomic E-state index is 5.00. The second kappa shape index (κ2) is 11.4. The van der Waals surface area contributed by atoms with E-state index in [0.717, 1.165) is 45.0 Å². The number of nitrogens with zero attached hydrogens (tertiary/aromatic N) is 4. The molecule has 0 aliphatic carbocycles. The summed E-state index contributed by atoms with van der Waals surface area (Å²) in [5.74, 6) is 2.94. The Hall–Kier alpha value is -0.440. The van der Waals surface area contributed by atoms with Crippen LogP contribution in [0.15, 0.2) is 4.99 Å². The summed E-state index contributed by atoms with van der Waals surface area (Å²) in [6, 6.07) is 0. The third kappa shape index (κ3) is 5.78. The fourth-order valence-electron chi connectivity index (χ4n) is 3.42. The van der Waals surface area contributed by atoms with Gasteiger partial charge < -0.3 is 10.2 Å².